The molecule has 0 radical (unpaired) electrons. The predicted octanol–water partition coefficient (Wildman–Crippen LogP) is 1.37. The lowest BCUT2D eigenvalue weighted by Crippen LogP contribution is -2.43. The number of aromatic nitrogens is 2. The number of aryl methyl sites for hydroxylation is 1. The molecule has 1 aromatic carbocycles. The summed E-state index contributed by atoms with van der Waals surface area (Å²) >= 11 is 0. The maximum Gasteiger partial charge on any atom is 0.153 e. The Kier molecular flexibility index (Phi) is 4.29. The van der Waals surface area contributed by atoms with E-state index >= 15 is 0 Å². The lowest BCUT2D eigenvalue weighted by atomic mass is 10.0. The van der Waals surface area contributed by atoms with E-state index in [1.165, 1.54) is 11.1 Å². The van der Waals surface area contributed by atoms with Crippen molar-refractivity contribution in [3.63, 3.8) is 0 Å². The summed E-state index contributed by atoms with van der Waals surface area (Å²) in [6.07, 6.45) is 5.59. The standard InChI is InChI=1S/C18H23N3O3S/c1-20-12-16(11-19-20)17-13-25(22,23)9-7-21(17)6-4-14-2-3-18-15(10-14)5-8-24-18/h2-3,10-12,17H,4-9,13H2,1H3. The fourth-order valence-corrected chi connectivity index (χ4v) is 5.26. The molecule has 1 atom stereocenters. The molecular formula is C18H23N3O3S. The summed E-state index contributed by atoms with van der Waals surface area (Å²) in [5.74, 6) is 1.42. The van der Waals surface area contributed by atoms with Gasteiger partial charge in [0.15, 0.2) is 9.84 Å². The van der Waals surface area contributed by atoms with Gasteiger partial charge in [0, 0.05) is 38.3 Å². The first kappa shape index (κ1) is 16.6. The third kappa shape index (κ3) is 3.57. The van der Waals surface area contributed by atoms with Crippen LogP contribution in [-0.2, 0) is 29.7 Å². The van der Waals surface area contributed by atoms with Crippen LogP contribution in [0.4, 0.5) is 0 Å². The van der Waals surface area contributed by atoms with E-state index in [0.29, 0.717) is 6.54 Å². The van der Waals surface area contributed by atoms with Crippen molar-refractivity contribution in [3.8, 4) is 5.75 Å². The summed E-state index contributed by atoms with van der Waals surface area (Å²) in [6.45, 7) is 2.19. The van der Waals surface area contributed by atoms with Crippen molar-refractivity contribution in [2.45, 2.75) is 18.9 Å². The third-order valence-corrected chi connectivity index (χ3v) is 6.72. The lowest BCUT2D eigenvalue weighted by Gasteiger charge is -2.35. The van der Waals surface area contributed by atoms with E-state index in [1.54, 1.807) is 10.9 Å². The van der Waals surface area contributed by atoms with Crippen LogP contribution in [0.1, 0.15) is 22.7 Å². The summed E-state index contributed by atoms with van der Waals surface area (Å²) < 4.78 is 31.5. The zero-order valence-corrected chi connectivity index (χ0v) is 15.2. The quantitative estimate of drug-likeness (QED) is 0.823. The highest BCUT2D eigenvalue weighted by atomic mass is 32.2. The molecule has 1 saturated heterocycles. The average molecular weight is 361 g/mol. The van der Waals surface area contributed by atoms with Gasteiger partial charge in [-0.3, -0.25) is 9.58 Å². The molecule has 6 nitrogen and oxygen atoms in total. The zero-order chi connectivity index (χ0) is 17.4. The zero-order valence-electron chi connectivity index (χ0n) is 14.4. The summed E-state index contributed by atoms with van der Waals surface area (Å²) in [4.78, 5) is 2.28. The van der Waals surface area contributed by atoms with Crippen LogP contribution in [-0.4, -0.2) is 54.3 Å². The van der Waals surface area contributed by atoms with Crippen molar-refractivity contribution in [1.29, 1.82) is 0 Å². The summed E-state index contributed by atoms with van der Waals surface area (Å²) in [5, 5.41) is 4.21. The molecule has 1 unspecified atom stereocenters. The Morgan fingerprint density at radius 3 is 3.04 bits per heavy atom. The van der Waals surface area contributed by atoms with Crippen molar-refractivity contribution in [3.05, 3.63) is 47.3 Å². The van der Waals surface area contributed by atoms with Crippen LogP contribution in [0.3, 0.4) is 0 Å². The van der Waals surface area contributed by atoms with Crippen LogP contribution in [0.5, 0.6) is 5.75 Å². The fourth-order valence-electron chi connectivity index (χ4n) is 3.70. The van der Waals surface area contributed by atoms with Crippen molar-refractivity contribution in [1.82, 2.24) is 14.7 Å². The van der Waals surface area contributed by atoms with E-state index in [1.807, 2.05) is 13.2 Å². The van der Waals surface area contributed by atoms with Gasteiger partial charge in [-0.25, -0.2) is 8.42 Å². The summed E-state index contributed by atoms with van der Waals surface area (Å²) in [5.41, 5.74) is 3.54. The molecule has 0 aliphatic carbocycles. The molecule has 7 heteroatoms. The second kappa shape index (κ2) is 6.46. The Morgan fingerprint density at radius 1 is 1.36 bits per heavy atom. The van der Waals surface area contributed by atoms with Gasteiger partial charge in [0.1, 0.15) is 5.75 Å². The first-order valence-electron chi connectivity index (χ1n) is 8.68. The molecule has 0 spiro atoms. The molecule has 25 heavy (non-hydrogen) atoms. The second-order valence-corrected chi connectivity index (χ2v) is 9.13. The van der Waals surface area contributed by atoms with Crippen molar-refractivity contribution >= 4 is 9.84 Å². The highest BCUT2D eigenvalue weighted by Crippen LogP contribution is 2.28. The molecule has 3 heterocycles. The lowest BCUT2D eigenvalue weighted by molar-refractivity contribution is 0.218. The molecule has 2 aliphatic rings. The maximum atomic E-state index is 12.1. The van der Waals surface area contributed by atoms with E-state index < -0.39 is 9.84 Å². The minimum atomic E-state index is -2.99. The maximum absolute atomic E-state index is 12.1. The molecule has 2 aliphatic heterocycles. The highest BCUT2D eigenvalue weighted by Gasteiger charge is 2.32. The number of fused-ring (bicyclic) bond motifs is 1. The predicted molar refractivity (Wildman–Crippen MR) is 95.5 cm³/mol. The molecular weight excluding hydrogens is 338 g/mol. The minimum Gasteiger partial charge on any atom is -0.493 e. The summed E-state index contributed by atoms with van der Waals surface area (Å²) in [7, 11) is -1.13. The second-order valence-electron chi connectivity index (χ2n) is 6.90. The van der Waals surface area contributed by atoms with Crippen LogP contribution in [0.2, 0.25) is 0 Å². The number of rotatable bonds is 4. The van der Waals surface area contributed by atoms with Crippen LogP contribution in [0.25, 0.3) is 0 Å². The van der Waals surface area contributed by atoms with Crippen LogP contribution < -0.4 is 4.74 Å². The number of benzene rings is 1. The molecule has 0 bridgehead atoms. The van der Waals surface area contributed by atoms with E-state index in [4.69, 9.17) is 4.74 Å². The molecule has 2 aromatic rings. The number of ether oxygens (including phenoxy) is 1. The Bertz CT molecular complexity index is 875. The van der Waals surface area contributed by atoms with Gasteiger partial charge in [-0.1, -0.05) is 12.1 Å². The van der Waals surface area contributed by atoms with E-state index in [9.17, 15) is 8.42 Å². The Balaban J connectivity index is 1.49. The van der Waals surface area contributed by atoms with Gasteiger partial charge in [0.2, 0.25) is 0 Å². The van der Waals surface area contributed by atoms with E-state index in [0.717, 1.165) is 37.3 Å². The monoisotopic (exact) mass is 361 g/mol. The molecule has 1 fully saturated rings. The third-order valence-electron chi connectivity index (χ3n) is 5.09. The number of nitrogens with zero attached hydrogens (tertiary/aromatic N) is 3. The molecule has 0 amide bonds. The van der Waals surface area contributed by atoms with Crippen molar-refractivity contribution < 1.29 is 13.2 Å². The topological polar surface area (TPSA) is 64.4 Å². The highest BCUT2D eigenvalue weighted by molar-refractivity contribution is 7.91. The Morgan fingerprint density at radius 2 is 2.24 bits per heavy atom. The Hall–Kier alpha value is -1.86. The minimum absolute atomic E-state index is 0.106. The van der Waals surface area contributed by atoms with Crippen LogP contribution in [0, 0.1) is 0 Å². The van der Waals surface area contributed by atoms with Gasteiger partial charge in [0.05, 0.1) is 30.4 Å². The van der Waals surface area contributed by atoms with Gasteiger partial charge in [-0.2, -0.15) is 5.10 Å². The van der Waals surface area contributed by atoms with Gasteiger partial charge in [0.25, 0.3) is 0 Å². The molecule has 0 saturated carbocycles. The van der Waals surface area contributed by atoms with Crippen molar-refractivity contribution in [2.24, 2.45) is 7.05 Å². The van der Waals surface area contributed by atoms with Crippen LogP contribution in [0.15, 0.2) is 30.6 Å². The number of sulfone groups is 1. The fraction of sp³-hybridized carbons (Fsp3) is 0.500. The van der Waals surface area contributed by atoms with Crippen LogP contribution >= 0.6 is 0 Å². The average Bonchev–Trinajstić information content (AvgIpc) is 3.21. The smallest absolute Gasteiger partial charge is 0.153 e. The number of hydrogen-bond donors (Lipinski definition) is 0. The molecule has 1 aromatic heterocycles. The SMILES string of the molecule is Cn1cc(C2CS(=O)(=O)CCN2CCc2ccc3c(c2)CCO3)cn1. The van der Waals surface area contributed by atoms with Gasteiger partial charge >= 0.3 is 0 Å². The molecule has 134 valence electrons. The number of hydrogen-bond acceptors (Lipinski definition) is 5. The first-order chi connectivity index (χ1) is 12.0. The van der Waals surface area contributed by atoms with E-state index in [2.05, 4.69) is 28.2 Å². The largest absolute Gasteiger partial charge is 0.493 e. The Labute approximate surface area is 148 Å². The van der Waals surface area contributed by atoms with Gasteiger partial charge in [-0.15, -0.1) is 0 Å². The van der Waals surface area contributed by atoms with Gasteiger partial charge < -0.3 is 4.74 Å². The first-order valence-corrected chi connectivity index (χ1v) is 10.5. The van der Waals surface area contributed by atoms with Gasteiger partial charge in [-0.05, 0) is 23.6 Å². The summed E-state index contributed by atoms with van der Waals surface area (Å²) in [6, 6.07) is 6.29. The molecule has 4 rings (SSSR count). The normalized spacial score (nSPS) is 22.5. The van der Waals surface area contributed by atoms with Crippen molar-refractivity contribution in [2.75, 3.05) is 31.2 Å². The van der Waals surface area contributed by atoms with E-state index in [-0.39, 0.29) is 17.5 Å². The molecule has 0 N–H and O–H groups in total.